The average molecular weight is 762 g/mol. The van der Waals surface area contributed by atoms with Gasteiger partial charge in [0, 0.05) is 57.4 Å². The summed E-state index contributed by atoms with van der Waals surface area (Å²) >= 11 is 3.74. The average Bonchev–Trinajstić information content (AvgIpc) is 3.86. The molecule has 0 aliphatic rings. The van der Waals surface area contributed by atoms with Gasteiger partial charge in [-0.3, -0.25) is 0 Å². The zero-order valence-corrected chi connectivity index (χ0v) is 32.6. The van der Waals surface area contributed by atoms with Gasteiger partial charge < -0.3 is 4.90 Å². The first-order valence-electron chi connectivity index (χ1n) is 19.3. The van der Waals surface area contributed by atoms with E-state index in [0.29, 0.717) is 0 Å². The van der Waals surface area contributed by atoms with Gasteiger partial charge in [-0.15, -0.1) is 22.7 Å². The Kier molecular flexibility index (Phi) is 8.28. The molecule has 0 bridgehead atoms. The van der Waals surface area contributed by atoms with E-state index in [4.69, 9.17) is 0 Å². The number of thiophene rings is 2. The molecule has 0 spiro atoms. The molecule has 0 aliphatic heterocycles. The van der Waals surface area contributed by atoms with Crippen LogP contribution in [0.1, 0.15) is 0 Å². The molecule has 11 rings (SSSR count). The Bertz CT molecular complexity index is 3150. The van der Waals surface area contributed by atoms with Gasteiger partial charge in [0.1, 0.15) is 0 Å². The van der Waals surface area contributed by atoms with Crippen molar-refractivity contribution < 1.29 is 0 Å². The van der Waals surface area contributed by atoms with E-state index in [1.165, 1.54) is 84.9 Å². The summed E-state index contributed by atoms with van der Waals surface area (Å²) in [6.45, 7) is 0. The highest BCUT2D eigenvalue weighted by Gasteiger charge is 2.17. The van der Waals surface area contributed by atoms with Crippen molar-refractivity contribution in [3.63, 3.8) is 0 Å². The number of anilines is 3. The van der Waals surface area contributed by atoms with Crippen molar-refractivity contribution in [3.05, 3.63) is 212 Å². The Morgan fingerprint density at radius 1 is 0.263 bits per heavy atom. The van der Waals surface area contributed by atoms with E-state index in [-0.39, 0.29) is 0 Å². The maximum absolute atomic E-state index is 2.40. The van der Waals surface area contributed by atoms with Gasteiger partial charge >= 0.3 is 0 Å². The topological polar surface area (TPSA) is 3.24 Å². The van der Waals surface area contributed by atoms with E-state index in [1.807, 2.05) is 22.7 Å². The highest BCUT2D eigenvalue weighted by molar-refractivity contribution is 7.26. The highest BCUT2D eigenvalue weighted by Crippen LogP contribution is 2.44. The van der Waals surface area contributed by atoms with Crippen LogP contribution in [0.15, 0.2) is 212 Å². The molecule has 0 N–H and O–H groups in total. The monoisotopic (exact) mass is 761 g/mol. The molecule has 0 saturated heterocycles. The van der Waals surface area contributed by atoms with Gasteiger partial charge in [0.25, 0.3) is 0 Å². The largest absolute Gasteiger partial charge is 0.310 e. The normalized spacial score (nSPS) is 11.5. The minimum absolute atomic E-state index is 1.11. The number of nitrogens with zero attached hydrogens (tertiary/aromatic N) is 1. The minimum atomic E-state index is 1.11. The predicted molar refractivity (Wildman–Crippen MR) is 249 cm³/mol. The molecule has 0 unspecified atom stereocenters. The molecule has 1 nitrogen and oxygen atoms in total. The molecule has 9 aromatic carbocycles. The van der Waals surface area contributed by atoms with Crippen molar-refractivity contribution in [1.82, 2.24) is 0 Å². The zero-order valence-electron chi connectivity index (χ0n) is 31.0. The van der Waals surface area contributed by atoms with Crippen molar-refractivity contribution >= 4 is 80.1 Å². The summed E-state index contributed by atoms with van der Waals surface area (Å²) in [5.41, 5.74) is 13.1. The van der Waals surface area contributed by atoms with Crippen LogP contribution >= 0.6 is 22.7 Å². The minimum Gasteiger partial charge on any atom is -0.310 e. The lowest BCUT2D eigenvalue weighted by molar-refractivity contribution is 1.29. The van der Waals surface area contributed by atoms with Crippen molar-refractivity contribution in [1.29, 1.82) is 0 Å². The maximum Gasteiger partial charge on any atom is 0.0476 e. The summed E-state index contributed by atoms with van der Waals surface area (Å²) in [6.07, 6.45) is 0. The van der Waals surface area contributed by atoms with Crippen LogP contribution in [0, 0.1) is 0 Å². The second kappa shape index (κ2) is 14.1. The van der Waals surface area contributed by atoms with Gasteiger partial charge in [-0.25, -0.2) is 0 Å². The van der Waals surface area contributed by atoms with Crippen LogP contribution in [0.3, 0.4) is 0 Å². The lowest BCUT2D eigenvalue weighted by atomic mass is 9.93. The number of hydrogen-bond acceptors (Lipinski definition) is 3. The Labute approximate surface area is 340 Å². The van der Waals surface area contributed by atoms with Crippen LogP contribution < -0.4 is 4.90 Å². The number of rotatable bonds is 7. The molecule has 0 atom stereocenters. The summed E-state index contributed by atoms with van der Waals surface area (Å²) in [4.78, 5) is 2.40. The lowest BCUT2D eigenvalue weighted by Gasteiger charge is -2.26. The summed E-state index contributed by atoms with van der Waals surface area (Å²) in [6, 6.07) is 77.6. The van der Waals surface area contributed by atoms with Gasteiger partial charge in [-0.2, -0.15) is 0 Å². The SMILES string of the molecule is c1ccc(-c2cc(-c3ccccc3)cc(-c3ccc(N(c4ccc(-c5cccc6c5sc5ccccc56)cc4)c4ccc5c(c4)sc4ccccc45)cc3)c2)cc1. The second-order valence-electron chi connectivity index (χ2n) is 14.5. The Hall–Kier alpha value is -6.78. The molecule has 3 heteroatoms. The van der Waals surface area contributed by atoms with Crippen molar-refractivity contribution in [2.45, 2.75) is 0 Å². The molecule has 57 heavy (non-hydrogen) atoms. The Morgan fingerprint density at radius 2 is 0.719 bits per heavy atom. The first-order chi connectivity index (χ1) is 28.2. The van der Waals surface area contributed by atoms with Crippen LogP contribution in [-0.2, 0) is 0 Å². The van der Waals surface area contributed by atoms with Crippen LogP contribution in [-0.4, -0.2) is 0 Å². The molecule has 0 radical (unpaired) electrons. The van der Waals surface area contributed by atoms with Gasteiger partial charge in [0.15, 0.2) is 0 Å². The van der Waals surface area contributed by atoms with Crippen molar-refractivity contribution in [2.24, 2.45) is 0 Å². The molecule has 0 amide bonds. The first kappa shape index (κ1) is 33.5. The maximum atomic E-state index is 2.40. The van der Waals surface area contributed by atoms with E-state index in [9.17, 15) is 0 Å². The van der Waals surface area contributed by atoms with Crippen molar-refractivity contribution in [3.8, 4) is 44.5 Å². The fraction of sp³-hybridized carbons (Fsp3) is 0. The second-order valence-corrected chi connectivity index (χ2v) is 16.7. The number of hydrogen-bond donors (Lipinski definition) is 0. The smallest absolute Gasteiger partial charge is 0.0476 e. The lowest BCUT2D eigenvalue weighted by Crippen LogP contribution is -2.09. The van der Waals surface area contributed by atoms with E-state index in [0.717, 1.165) is 17.1 Å². The molecule has 0 fully saturated rings. The molecule has 268 valence electrons. The zero-order chi connectivity index (χ0) is 37.7. The van der Waals surface area contributed by atoms with Gasteiger partial charge in [0.05, 0.1) is 0 Å². The molecular formula is C54H35NS2. The quantitative estimate of drug-likeness (QED) is 0.156. The van der Waals surface area contributed by atoms with Gasteiger partial charge in [-0.05, 0) is 111 Å². The summed E-state index contributed by atoms with van der Waals surface area (Å²) < 4.78 is 5.26. The molecule has 2 aromatic heterocycles. The molecule has 0 saturated carbocycles. The van der Waals surface area contributed by atoms with E-state index in [2.05, 4.69) is 217 Å². The third kappa shape index (κ3) is 6.09. The standard InChI is InChI=1S/C54H35NS2/c1-3-12-36(13-4-1)40-32-41(37-14-5-2-6-15-37)34-42(33-40)38-22-26-43(27-23-38)55(45-30-31-49-47-16-7-9-20-51(47)56-53(49)35-45)44-28-24-39(25-29-44)46-18-11-19-50-48-17-8-10-21-52(48)57-54(46)50/h1-35H. The summed E-state index contributed by atoms with van der Waals surface area (Å²) in [5, 5.41) is 5.26. The predicted octanol–water partition coefficient (Wildman–Crippen LogP) is 16.6. The molecular weight excluding hydrogens is 727 g/mol. The third-order valence-electron chi connectivity index (χ3n) is 11.1. The fourth-order valence-electron chi connectivity index (χ4n) is 8.26. The number of benzene rings is 9. The van der Waals surface area contributed by atoms with E-state index in [1.54, 1.807) is 0 Å². The Morgan fingerprint density at radius 3 is 1.33 bits per heavy atom. The van der Waals surface area contributed by atoms with Gasteiger partial charge in [-0.1, -0.05) is 146 Å². The summed E-state index contributed by atoms with van der Waals surface area (Å²) in [5.74, 6) is 0. The Balaban J connectivity index is 1.02. The van der Waals surface area contributed by atoms with Crippen molar-refractivity contribution in [2.75, 3.05) is 4.90 Å². The third-order valence-corrected chi connectivity index (χ3v) is 13.4. The molecule has 2 heterocycles. The summed E-state index contributed by atoms with van der Waals surface area (Å²) in [7, 11) is 0. The highest BCUT2D eigenvalue weighted by atomic mass is 32.1. The van der Waals surface area contributed by atoms with Crippen LogP contribution in [0.2, 0.25) is 0 Å². The van der Waals surface area contributed by atoms with E-state index < -0.39 is 0 Å². The molecule has 0 aliphatic carbocycles. The molecule has 11 aromatic rings. The van der Waals surface area contributed by atoms with Crippen LogP contribution in [0.5, 0.6) is 0 Å². The van der Waals surface area contributed by atoms with Gasteiger partial charge in [0.2, 0.25) is 0 Å². The number of fused-ring (bicyclic) bond motifs is 6. The van der Waals surface area contributed by atoms with Crippen LogP contribution in [0.4, 0.5) is 17.1 Å². The fourth-order valence-corrected chi connectivity index (χ4v) is 10.6. The van der Waals surface area contributed by atoms with Crippen LogP contribution in [0.25, 0.3) is 84.9 Å². The van der Waals surface area contributed by atoms with E-state index >= 15 is 0 Å². The first-order valence-corrected chi connectivity index (χ1v) is 21.0.